The van der Waals surface area contributed by atoms with Crippen molar-refractivity contribution in [2.75, 3.05) is 0 Å². The normalized spacial score (nSPS) is 17.9. The van der Waals surface area contributed by atoms with E-state index in [4.69, 9.17) is 5.73 Å². The highest BCUT2D eigenvalue weighted by molar-refractivity contribution is 5.43. The van der Waals surface area contributed by atoms with Crippen LogP contribution in [0.5, 0.6) is 0 Å². The predicted octanol–water partition coefficient (Wildman–Crippen LogP) is 2.50. The van der Waals surface area contributed by atoms with E-state index < -0.39 is 27.4 Å². The number of benzene rings is 1. The summed E-state index contributed by atoms with van der Waals surface area (Å²) in [7, 11) is 0. The Kier molecular flexibility index (Phi) is 2.47. The number of nitro benzene ring substituents is 1. The second kappa shape index (κ2) is 3.50. The molecule has 0 unspecified atom stereocenters. The van der Waals surface area contributed by atoms with Crippen LogP contribution in [-0.4, -0.2) is 10.5 Å². The molecule has 1 fully saturated rings. The van der Waals surface area contributed by atoms with Gasteiger partial charge in [-0.25, -0.2) is 0 Å². The van der Waals surface area contributed by atoms with Gasteiger partial charge in [0.1, 0.15) is 0 Å². The van der Waals surface area contributed by atoms with Gasteiger partial charge in [0.05, 0.1) is 4.92 Å². The number of rotatable bonds is 3. The van der Waals surface area contributed by atoms with Gasteiger partial charge in [0.2, 0.25) is 5.82 Å². The van der Waals surface area contributed by atoms with E-state index in [1.165, 1.54) is 12.1 Å². The van der Waals surface area contributed by atoms with Crippen LogP contribution in [0.15, 0.2) is 18.2 Å². The predicted molar refractivity (Wildman–Crippen MR) is 62.2 cm³/mol. The molecule has 1 aliphatic rings. The smallest absolute Gasteiger partial charge is 0.305 e. The molecule has 0 aromatic heterocycles. The number of nitrogens with two attached hydrogens (primary N) is 1. The van der Waals surface area contributed by atoms with E-state index in [9.17, 15) is 14.5 Å². The summed E-state index contributed by atoms with van der Waals surface area (Å²) < 4.78 is 14.1. The maximum Gasteiger partial charge on any atom is 0.305 e. The molecule has 0 bridgehead atoms. The molecule has 0 atom stereocenters. The fourth-order valence-electron chi connectivity index (χ4n) is 2.17. The van der Waals surface area contributed by atoms with Gasteiger partial charge in [-0.2, -0.15) is 4.39 Å². The van der Waals surface area contributed by atoms with Gasteiger partial charge in [-0.15, -0.1) is 0 Å². The van der Waals surface area contributed by atoms with Gasteiger partial charge >= 0.3 is 5.69 Å². The Labute approximate surface area is 98.8 Å². The van der Waals surface area contributed by atoms with Gasteiger partial charge < -0.3 is 5.73 Å². The zero-order valence-electron chi connectivity index (χ0n) is 9.87. The first kappa shape index (κ1) is 12.0. The third-order valence-electron chi connectivity index (χ3n) is 3.88. The van der Waals surface area contributed by atoms with Crippen LogP contribution < -0.4 is 5.73 Å². The van der Waals surface area contributed by atoms with Crippen LogP contribution in [0, 0.1) is 15.9 Å². The Morgan fingerprint density at radius 2 is 2.06 bits per heavy atom. The summed E-state index contributed by atoms with van der Waals surface area (Å²) in [5.74, 6) is -0.765. The average molecular weight is 238 g/mol. The largest absolute Gasteiger partial charge is 0.324 e. The van der Waals surface area contributed by atoms with Gasteiger partial charge in [0.15, 0.2) is 0 Å². The molecule has 92 valence electrons. The minimum absolute atomic E-state index is 0.326. The zero-order chi connectivity index (χ0) is 12.8. The molecule has 4 nitrogen and oxygen atoms in total. The van der Waals surface area contributed by atoms with Gasteiger partial charge in [0, 0.05) is 22.6 Å². The van der Waals surface area contributed by atoms with Crippen molar-refractivity contribution < 1.29 is 9.31 Å². The van der Waals surface area contributed by atoms with Crippen molar-refractivity contribution in [1.82, 2.24) is 0 Å². The van der Waals surface area contributed by atoms with Crippen molar-refractivity contribution in [3.05, 3.63) is 39.7 Å². The summed E-state index contributed by atoms with van der Waals surface area (Å²) in [6.07, 6.45) is 1.64. The molecule has 0 saturated heterocycles. The Morgan fingerprint density at radius 3 is 2.53 bits per heavy atom. The molecule has 0 amide bonds. The van der Waals surface area contributed by atoms with E-state index in [1.54, 1.807) is 6.07 Å². The second-order valence-corrected chi connectivity index (χ2v) is 5.18. The van der Waals surface area contributed by atoms with Crippen LogP contribution in [0.4, 0.5) is 10.1 Å². The van der Waals surface area contributed by atoms with Crippen molar-refractivity contribution in [2.24, 2.45) is 5.73 Å². The first-order chi connectivity index (χ1) is 7.79. The quantitative estimate of drug-likeness (QED) is 0.649. The van der Waals surface area contributed by atoms with Gasteiger partial charge in [-0.1, -0.05) is 26.0 Å². The van der Waals surface area contributed by atoms with E-state index in [0.29, 0.717) is 5.56 Å². The highest BCUT2D eigenvalue weighted by Gasteiger charge is 2.53. The molecule has 2 rings (SSSR count). The third kappa shape index (κ3) is 1.70. The number of hydrogen-bond acceptors (Lipinski definition) is 3. The van der Waals surface area contributed by atoms with Crippen LogP contribution in [0.3, 0.4) is 0 Å². The lowest BCUT2D eigenvalue weighted by Crippen LogP contribution is -2.43. The molecular formula is C12H15FN2O2. The van der Waals surface area contributed by atoms with E-state index >= 15 is 0 Å². The van der Waals surface area contributed by atoms with Crippen molar-refractivity contribution in [3.63, 3.8) is 0 Å². The van der Waals surface area contributed by atoms with Crippen molar-refractivity contribution in [2.45, 2.75) is 37.6 Å². The average Bonchev–Trinajstić information content (AvgIpc) is 2.97. The SMILES string of the molecule is CC(C)(c1cccc([N+](=O)[O-])c1F)C1(N)CC1. The topological polar surface area (TPSA) is 69.2 Å². The number of halogens is 1. The Morgan fingerprint density at radius 1 is 1.47 bits per heavy atom. The molecule has 0 spiro atoms. The van der Waals surface area contributed by atoms with Gasteiger partial charge in [-0.3, -0.25) is 10.1 Å². The summed E-state index contributed by atoms with van der Waals surface area (Å²) in [6.45, 7) is 3.67. The van der Waals surface area contributed by atoms with Crippen LogP contribution >= 0.6 is 0 Å². The zero-order valence-corrected chi connectivity index (χ0v) is 9.87. The summed E-state index contributed by atoms with van der Waals surface area (Å²) in [4.78, 5) is 10.00. The lowest BCUT2D eigenvalue weighted by Gasteiger charge is -2.32. The molecule has 0 heterocycles. The first-order valence-electron chi connectivity index (χ1n) is 5.52. The lowest BCUT2D eigenvalue weighted by molar-refractivity contribution is -0.387. The van der Waals surface area contributed by atoms with Crippen LogP contribution in [0.25, 0.3) is 0 Å². The monoisotopic (exact) mass is 238 g/mol. The fourth-order valence-corrected chi connectivity index (χ4v) is 2.17. The first-order valence-corrected chi connectivity index (χ1v) is 5.52. The molecular weight excluding hydrogens is 223 g/mol. The van der Waals surface area contributed by atoms with Crippen LogP contribution in [0.2, 0.25) is 0 Å². The number of hydrogen-bond donors (Lipinski definition) is 1. The summed E-state index contributed by atoms with van der Waals surface area (Å²) in [6, 6.07) is 4.25. The highest BCUT2D eigenvalue weighted by Crippen LogP contribution is 2.50. The van der Waals surface area contributed by atoms with Gasteiger partial charge in [0.25, 0.3) is 0 Å². The maximum atomic E-state index is 14.1. The Bertz CT molecular complexity index is 481. The van der Waals surface area contributed by atoms with Crippen LogP contribution in [0.1, 0.15) is 32.3 Å². The minimum Gasteiger partial charge on any atom is -0.324 e. The molecule has 2 N–H and O–H groups in total. The fraction of sp³-hybridized carbons (Fsp3) is 0.500. The standard InChI is InChI=1S/C12H15FN2O2/c1-11(2,12(14)6-7-12)8-4-3-5-9(10(8)13)15(16)17/h3-5H,6-7,14H2,1-2H3. The summed E-state index contributed by atoms with van der Waals surface area (Å²) in [5, 5.41) is 10.7. The molecule has 5 heteroatoms. The number of nitrogens with zero attached hydrogens (tertiary/aromatic N) is 1. The van der Waals surface area contributed by atoms with Crippen molar-refractivity contribution >= 4 is 5.69 Å². The van der Waals surface area contributed by atoms with Crippen LogP contribution in [-0.2, 0) is 5.41 Å². The molecule has 0 radical (unpaired) electrons. The molecule has 1 aliphatic carbocycles. The Balaban J connectivity index is 2.53. The summed E-state index contributed by atoms with van der Waals surface area (Å²) in [5.41, 5.74) is 4.92. The lowest BCUT2D eigenvalue weighted by atomic mass is 9.75. The maximum absolute atomic E-state index is 14.1. The Hall–Kier alpha value is -1.49. The minimum atomic E-state index is -0.765. The molecule has 1 aromatic rings. The second-order valence-electron chi connectivity index (χ2n) is 5.18. The molecule has 17 heavy (non-hydrogen) atoms. The molecule has 1 saturated carbocycles. The van der Waals surface area contributed by atoms with E-state index in [1.807, 2.05) is 13.8 Å². The van der Waals surface area contributed by atoms with Crippen molar-refractivity contribution in [1.29, 1.82) is 0 Å². The highest BCUT2D eigenvalue weighted by atomic mass is 19.1. The van der Waals surface area contributed by atoms with Gasteiger partial charge in [-0.05, 0) is 12.8 Å². The van der Waals surface area contributed by atoms with E-state index in [0.717, 1.165) is 12.8 Å². The van der Waals surface area contributed by atoms with E-state index in [-0.39, 0.29) is 0 Å². The molecule has 1 aromatic carbocycles. The van der Waals surface area contributed by atoms with Crippen molar-refractivity contribution in [3.8, 4) is 0 Å². The number of nitro groups is 1. The third-order valence-corrected chi connectivity index (χ3v) is 3.88. The molecule has 0 aliphatic heterocycles. The summed E-state index contributed by atoms with van der Waals surface area (Å²) >= 11 is 0. The van der Waals surface area contributed by atoms with E-state index in [2.05, 4.69) is 0 Å².